The summed E-state index contributed by atoms with van der Waals surface area (Å²) in [5.74, 6) is -0.00408. The minimum absolute atomic E-state index is 0.173. The van der Waals surface area contributed by atoms with Gasteiger partial charge in [-0.25, -0.2) is 8.42 Å². The van der Waals surface area contributed by atoms with Gasteiger partial charge in [-0.1, -0.05) is 6.07 Å². The first-order valence-electron chi connectivity index (χ1n) is 7.70. The average molecular weight is 339 g/mol. The summed E-state index contributed by atoms with van der Waals surface area (Å²) in [4.78, 5) is 12.2. The van der Waals surface area contributed by atoms with Crippen LogP contribution in [0.25, 0.3) is 0 Å². The van der Waals surface area contributed by atoms with Crippen molar-refractivity contribution in [3.05, 3.63) is 23.8 Å². The molecule has 2 aliphatic heterocycles. The van der Waals surface area contributed by atoms with E-state index in [1.54, 1.807) is 12.1 Å². The molecule has 126 valence electrons. The Hall–Kier alpha value is -1.64. The fourth-order valence-corrected chi connectivity index (χ4v) is 4.45. The van der Waals surface area contributed by atoms with E-state index in [9.17, 15) is 13.2 Å². The van der Waals surface area contributed by atoms with Crippen LogP contribution in [0.5, 0.6) is 0 Å². The van der Waals surface area contributed by atoms with Crippen molar-refractivity contribution in [2.24, 2.45) is 0 Å². The summed E-state index contributed by atoms with van der Waals surface area (Å²) in [5.41, 5.74) is 2.09. The number of aryl methyl sites for hydroxylation is 1. The molecule has 1 aromatic rings. The lowest BCUT2D eigenvalue weighted by Gasteiger charge is -2.24. The van der Waals surface area contributed by atoms with Crippen LogP contribution in [0.3, 0.4) is 0 Å². The van der Waals surface area contributed by atoms with E-state index in [0.29, 0.717) is 44.1 Å². The zero-order valence-electron chi connectivity index (χ0n) is 13.0. The van der Waals surface area contributed by atoms with Gasteiger partial charge < -0.3 is 15.4 Å². The molecule has 2 heterocycles. The maximum absolute atomic E-state index is 12.2. The Morgan fingerprint density at radius 2 is 2.26 bits per heavy atom. The van der Waals surface area contributed by atoms with Crippen LogP contribution in [-0.2, 0) is 19.6 Å². The minimum Gasteiger partial charge on any atom is -0.378 e. The molecule has 1 atom stereocenters. The normalized spacial score (nSPS) is 23.7. The van der Waals surface area contributed by atoms with Crippen LogP contribution in [0.2, 0.25) is 0 Å². The molecule has 23 heavy (non-hydrogen) atoms. The lowest BCUT2D eigenvalue weighted by molar-refractivity contribution is -0.120. The molecule has 8 heteroatoms. The monoisotopic (exact) mass is 339 g/mol. The molecular weight excluding hydrogens is 318 g/mol. The number of carbonyl (C=O) groups is 1. The van der Waals surface area contributed by atoms with Crippen molar-refractivity contribution in [1.29, 1.82) is 0 Å². The molecule has 0 saturated carbocycles. The summed E-state index contributed by atoms with van der Waals surface area (Å²) in [6.45, 7) is 3.93. The van der Waals surface area contributed by atoms with E-state index in [1.807, 2.05) is 13.0 Å². The van der Waals surface area contributed by atoms with Crippen LogP contribution in [0.4, 0.5) is 11.4 Å². The molecule has 2 aliphatic rings. The van der Waals surface area contributed by atoms with Gasteiger partial charge in [0.1, 0.15) is 6.04 Å². The molecule has 0 radical (unpaired) electrons. The minimum atomic E-state index is -3.24. The molecule has 2 fully saturated rings. The number of morpholine rings is 1. The molecule has 0 aromatic heterocycles. The van der Waals surface area contributed by atoms with E-state index in [0.717, 1.165) is 5.56 Å². The molecule has 3 rings (SSSR count). The first kappa shape index (κ1) is 16.2. The Morgan fingerprint density at radius 3 is 2.91 bits per heavy atom. The quantitative estimate of drug-likeness (QED) is 0.835. The van der Waals surface area contributed by atoms with E-state index < -0.39 is 10.0 Å². The number of carbonyl (C=O) groups excluding carboxylic acids is 1. The summed E-state index contributed by atoms with van der Waals surface area (Å²) in [6.07, 6.45) is 0.627. The van der Waals surface area contributed by atoms with Gasteiger partial charge in [-0.05, 0) is 31.0 Å². The molecule has 0 spiro atoms. The van der Waals surface area contributed by atoms with Crippen LogP contribution < -0.4 is 14.9 Å². The van der Waals surface area contributed by atoms with Crippen LogP contribution in [0, 0.1) is 6.92 Å². The zero-order chi connectivity index (χ0) is 16.4. The fraction of sp³-hybridized carbons (Fsp3) is 0.533. The van der Waals surface area contributed by atoms with Crippen molar-refractivity contribution in [3.63, 3.8) is 0 Å². The van der Waals surface area contributed by atoms with Gasteiger partial charge in [0.25, 0.3) is 0 Å². The SMILES string of the molecule is Cc1ccc(NC(=O)C2COCCN2)cc1N1CCCS1(=O)=O. The van der Waals surface area contributed by atoms with Crippen molar-refractivity contribution in [2.75, 3.05) is 41.7 Å². The second kappa shape index (κ2) is 6.46. The summed E-state index contributed by atoms with van der Waals surface area (Å²) >= 11 is 0. The maximum atomic E-state index is 12.2. The van der Waals surface area contributed by atoms with Crippen LogP contribution in [0.15, 0.2) is 18.2 Å². The zero-order valence-corrected chi connectivity index (χ0v) is 13.9. The van der Waals surface area contributed by atoms with Gasteiger partial charge in [-0.15, -0.1) is 0 Å². The highest BCUT2D eigenvalue weighted by Gasteiger charge is 2.30. The molecule has 2 saturated heterocycles. The van der Waals surface area contributed by atoms with Gasteiger partial charge in [0, 0.05) is 18.8 Å². The molecule has 0 aliphatic carbocycles. The molecule has 2 N–H and O–H groups in total. The average Bonchev–Trinajstić information content (AvgIpc) is 2.89. The van der Waals surface area contributed by atoms with E-state index in [1.165, 1.54) is 4.31 Å². The number of anilines is 2. The van der Waals surface area contributed by atoms with Crippen molar-refractivity contribution < 1.29 is 17.9 Å². The third-order valence-corrected chi connectivity index (χ3v) is 5.94. The molecule has 7 nitrogen and oxygen atoms in total. The maximum Gasteiger partial charge on any atom is 0.243 e. The van der Waals surface area contributed by atoms with Gasteiger partial charge in [-0.3, -0.25) is 9.10 Å². The lowest BCUT2D eigenvalue weighted by atomic mass is 10.1. The summed E-state index contributed by atoms with van der Waals surface area (Å²) in [7, 11) is -3.24. The van der Waals surface area contributed by atoms with E-state index in [-0.39, 0.29) is 17.7 Å². The highest BCUT2D eigenvalue weighted by Crippen LogP contribution is 2.30. The number of benzene rings is 1. The first-order valence-corrected chi connectivity index (χ1v) is 9.31. The molecule has 1 unspecified atom stereocenters. The van der Waals surface area contributed by atoms with Crippen LogP contribution >= 0.6 is 0 Å². The van der Waals surface area contributed by atoms with Crippen molar-refractivity contribution >= 4 is 27.3 Å². The van der Waals surface area contributed by atoms with Crippen LogP contribution in [0.1, 0.15) is 12.0 Å². The smallest absolute Gasteiger partial charge is 0.243 e. The Labute approximate surface area is 136 Å². The van der Waals surface area contributed by atoms with Gasteiger partial charge in [0.15, 0.2) is 0 Å². The Balaban J connectivity index is 1.79. The summed E-state index contributed by atoms with van der Waals surface area (Å²) < 4.78 is 30.9. The third kappa shape index (κ3) is 3.49. The number of hydrogen-bond acceptors (Lipinski definition) is 5. The predicted octanol–water partition coefficient (Wildman–Crippen LogP) is 0.462. The van der Waals surface area contributed by atoms with E-state index in [2.05, 4.69) is 10.6 Å². The number of amides is 1. The molecular formula is C15H21N3O4S. The van der Waals surface area contributed by atoms with Crippen LogP contribution in [-0.4, -0.2) is 52.4 Å². The second-order valence-electron chi connectivity index (χ2n) is 5.81. The van der Waals surface area contributed by atoms with Crippen molar-refractivity contribution in [1.82, 2.24) is 5.32 Å². The number of ether oxygens (including phenoxy) is 1. The van der Waals surface area contributed by atoms with Gasteiger partial charge in [-0.2, -0.15) is 0 Å². The molecule has 1 amide bonds. The van der Waals surface area contributed by atoms with Gasteiger partial charge >= 0.3 is 0 Å². The topological polar surface area (TPSA) is 87.7 Å². The highest BCUT2D eigenvalue weighted by atomic mass is 32.2. The fourth-order valence-electron chi connectivity index (χ4n) is 2.83. The molecule has 1 aromatic carbocycles. The van der Waals surface area contributed by atoms with E-state index >= 15 is 0 Å². The third-order valence-electron chi connectivity index (χ3n) is 4.08. The number of nitrogens with one attached hydrogen (secondary N) is 2. The standard InChI is InChI=1S/C15H21N3O4S/c1-11-3-4-12(17-15(19)13-10-22-7-5-16-13)9-14(11)18-6-2-8-23(18,20)21/h3-4,9,13,16H,2,5-8,10H2,1H3,(H,17,19). The lowest BCUT2D eigenvalue weighted by Crippen LogP contribution is -2.48. The number of nitrogens with zero attached hydrogens (tertiary/aromatic N) is 1. The van der Waals surface area contributed by atoms with Crippen molar-refractivity contribution in [2.45, 2.75) is 19.4 Å². The summed E-state index contributed by atoms with van der Waals surface area (Å²) in [5, 5.41) is 5.92. The number of rotatable bonds is 3. The summed E-state index contributed by atoms with van der Waals surface area (Å²) in [6, 6.07) is 4.94. The Bertz CT molecular complexity index is 699. The largest absolute Gasteiger partial charge is 0.378 e. The van der Waals surface area contributed by atoms with Crippen molar-refractivity contribution in [3.8, 4) is 0 Å². The second-order valence-corrected chi connectivity index (χ2v) is 7.83. The van der Waals surface area contributed by atoms with Gasteiger partial charge in [0.05, 0.1) is 24.7 Å². The first-order chi connectivity index (χ1) is 11.0. The Morgan fingerprint density at radius 1 is 1.43 bits per heavy atom. The predicted molar refractivity (Wildman–Crippen MR) is 88.2 cm³/mol. The van der Waals surface area contributed by atoms with Gasteiger partial charge in [0.2, 0.25) is 15.9 Å². The highest BCUT2D eigenvalue weighted by molar-refractivity contribution is 7.93. The van der Waals surface area contributed by atoms with E-state index in [4.69, 9.17) is 4.74 Å². The molecule has 0 bridgehead atoms. The Kier molecular flexibility index (Phi) is 4.56. The number of hydrogen-bond donors (Lipinski definition) is 2. The number of sulfonamides is 1.